The molecule has 0 bridgehead atoms. The molecule has 0 aromatic rings. The Kier molecular flexibility index (Phi) is 5.53. The minimum Gasteiger partial charge on any atom is -0.392 e. The van der Waals surface area contributed by atoms with Crippen LogP contribution in [0.1, 0.15) is 33.6 Å². The van der Waals surface area contributed by atoms with Crippen molar-refractivity contribution in [2.45, 2.75) is 45.3 Å². The van der Waals surface area contributed by atoms with Crippen LogP contribution in [0.25, 0.3) is 0 Å². The summed E-state index contributed by atoms with van der Waals surface area (Å²) < 4.78 is 0. The van der Waals surface area contributed by atoms with E-state index in [1.54, 1.807) is 7.05 Å². The van der Waals surface area contributed by atoms with Gasteiger partial charge in [0.25, 0.3) is 0 Å². The van der Waals surface area contributed by atoms with Crippen LogP contribution in [0.5, 0.6) is 0 Å². The normalized spacial score (nSPS) is 18.7. The van der Waals surface area contributed by atoms with Gasteiger partial charge in [-0.25, -0.2) is 0 Å². The van der Waals surface area contributed by atoms with E-state index in [9.17, 15) is 10.2 Å². The van der Waals surface area contributed by atoms with E-state index >= 15 is 0 Å². The lowest BCUT2D eigenvalue weighted by Crippen LogP contribution is -2.40. The van der Waals surface area contributed by atoms with Crippen LogP contribution in [0.15, 0.2) is 0 Å². The maximum atomic E-state index is 10.1. The van der Waals surface area contributed by atoms with E-state index in [0.29, 0.717) is 19.4 Å². The quantitative estimate of drug-likeness (QED) is 0.578. The number of aliphatic hydroxyl groups is 2. The van der Waals surface area contributed by atoms with Gasteiger partial charge in [-0.3, -0.25) is 0 Å². The van der Waals surface area contributed by atoms with E-state index in [2.05, 4.69) is 5.32 Å². The van der Waals surface area contributed by atoms with Gasteiger partial charge in [0.2, 0.25) is 0 Å². The highest BCUT2D eigenvalue weighted by atomic mass is 16.3. The van der Waals surface area contributed by atoms with E-state index in [1.807, 2.05) is 20.8 Å². The van der Waals surface area contributed by atoms with Crippen molar-refractivity contribution in [3.05, 3.63) is 0 Å². The van der Waals surface area contributed by atoms with Crippen molar-refractivity contribution >= 4 is 0 Å². The average molecular weight is 189 g/mol. The van der Waals surface area contributed by atoms with Crippen LogP contribution in [0.2, 0.25) is 0 Å². The zero-order valence-electron chi connectivity index (χ0n) is 9.17. The molecule has 0 amide bonds. The number of nitrogens with one attached hydrogen (secondary N) is 1. The van der Waals surface area contributed by atoms with Crippen LogP contribution in [-0.2, 0) is 0 Å². The molecule has 0 saturated carbocycles. The minimum atomic E-state index is -0.726. The molecule has 0 aromatic carbocycles. The zero-order chi connectivity index (χ0) is 10.5. The number of likely N-dealkylation sites (N-methyl/N-ethyl adjacent to an activating group) is 1. The van der Waals surface area contributed by atoms with Crippen molar-refractivity contribution in [1.29, 1.82) is 0 Å². The fourth-order valence-electron chi connectivity index (χ4n) is 1.50. The lowest BCUT2D eigenvalue weighted by Gasteiger charge is -2.33. The molecule has 3 nitrogen and oxygen atoms in total. The molecule has 0 heterocycles. The number of hydrogen-bond acceptors (Lipinski definition) is 3. The molecule has 0 saturated heterocycles. The van der Waals surface area contributed by atoms with Gasteiger partial charge in [-0.1, -0.05) is 20.8 Å². The highest BCUT2D eigenvalue weighted by molar-refractivity contribution is 4.83. The smallest absolute Gasteiger partial charge is 0.0693 e. The second kappa shape index (κ2) is 5.58. The summed E-state index contributed by atoms with van der Waals surface area (Å²) in [6.45, 7) is 6.45. The molecular weight excluding hydrogens is 166 g/mol. The lowest BCUT2D eigenvalue weighted by molar-refractivity contribution is -0.0479. The van der Waals surface area contributed by atoms with Gasteiger partial charge < -0.3 is 15.5 Å². The lowest BCUT2D eigenvalue weighted by atomic mass is 9.83. The first-order valence-electron chi connectivity index (χ1n) is 5.01. The topological polar surface area (TPSA) is 52.5 Å². The summed E-state index contributed by atoms with van der Waals surface area (Å²) in [4.78, 5) is 0. The molecule has 0 fully saturated rings. The Balaban J connectivity index is 4.10. The molecule has 0 aliphatic carbocycles. The molecule has 0 aliphatic rings. The van der Waals surface area contributed by atoms with E-state index in [1.165, 1.54) is 0 Å². The summed E-state index contributed by atoms with van der Waals surface area (Å²) in [5, 5.41) is 22.5. The van der Waals surface area contributed by atoms with Crippen molar-refractivity contribution in [3.63, 3.8) is 0 Å². The van der Waals surface area contributed by atoms with Crippen molar-refractivity contribution < 1.29 is 10.2 Å². The van der Waals surface area contributed by atoms with Gasteiger partial charge in [-0.15, -0.1) is 0 Å². The summed E-state index contributed by atoms with van der Waals surface area (Å²) in [6, 6.07) is 0. The third kappa shape index (κ3) is 4.07. The highest BCUT2D eigenvalue weighted by Gasteiger charge is 2.31. The molecule has 0 aliphatic heterocycles. The van der Waals surface area contributed by atoms with Gasteiger partial charge >= 0.3 is 0 Å². The van der Waals surface area contributed by atoms with Gasteiger partial charge in [-0.2, -0.15) is 0 Å². The first kappa shape index (κ1) is 12.9. The molecule has 3 N–H and O–H groups in total. The third-order valence-corrected chi connectivity index (χ3v) is 2.72. The molecule has 3 heteroatoms. The van der Waals surface area contributed by atoms with Gasteiger partial charge in [-0.05, 0) is 19.4 Å². The molecule has 80 valence electrons. The maximum Gasteiger partial charge on any atom is 0.0693 e. The van der Waals surface area contributed by atoms with E-state index in [-0.39, 0.29) is 5.92 Å². The molecule has 0 unspecified atom stereocenters. The largest absolute Gasteiger partial charge is 0.392 e. The Labute approximate surface area is 81.2 Å². The SMILES string of the molecule is CC[C@](O)(C[C@H](O)CNC)C(C)C. The molecule has 13 heavy (non-hydrogen) atoms. The monoisotopic (exact) mass is 189 g/mol. The summed E-state index contributed by atoms with van der Waals surface area (Å²) >= 11 is 0. The van der Waals surface area contributed by atoms with Crippen molar-refractivity contribution in [1.82, 2.24) is 5.32 Å². The zero-order valence-corrected chi connectivity index (χ0v) is 9.17. The predicted molar refractivity (Wildman–Crippen MR) is 54.6 cm³/mol. The second-order valence-corrected chi connectivity index (χ2v) is 4.03. The Morgan fingerprint density at radius 1 is 1.38 bits per heavy atom. The summed E-state index contributed by atoms with van der Waals surface area (Å²) in [5.74, 6) is 0.184. The minimum absolute atomic E-state index is 0.184. The van der Waals surface area contributed by atoms with Crippen LogP contribution < -0.4 is 5.32 Å². The second-order valence-electron chi connectivity index (χ2n) is 4.03. The average Bonchev–Trinajstić information content (AvgIpc) is 2.04. The van der Waals surface area contributed by atoms with Crippen molar-refractivity contribution in [2.75, 3.05) is 13.6 Å². The third-order valence-electron chi connectivity index (χ3n) is 2.72. The fraction of sp³-hybridized carbons (Fsp3) is 1.00. The number of aliphatic hydroxyl groups excluding tert-OH is 1. The van der Waals surface area contributed by atoms with Crippen LogP contribution in [-0.4, -0.2) is 35.5 Å². The molecule has 0 aromatic heterocycles. The Morgan fingerprint density at radius 2 is 1.92 bits per heavy atom. The van der Waals surface area contributed by atoms with Gasteiger partial charge in [0.1, 0.15) is 0 Å². The van der Waals surface area contributed by atoms with E-state index < -0.39 is 11.7 Å². The number of hydrogen-bond donors (Lipinski definition) is 3. The standard InChI is InChI=1S/C10H23NO2/c1-5-10(13,8(2)3)6-9(12)7-11-4/h8-9,11-13H,5-7H2,1-4H3/t9-,10-/m0/s1. The molecule has 0 spiro atoms. The molecule has 0 radical (unpaired) electrons. The Morgan fingerprint density at radius 3 is 2.23 bits per heavy atom. The van der Waals surface area contributed by atoms with Crippen LogP contribution in [0.4, 0.5) is 0 Å². The van der Waals surface area contributed by atoms with E-state index in [4.69, 9.17) is 0 Å². The first-order valence-corrected chi connectivity index (χ1v) is 5.01. The Bertz CT molecular complexity index is 139. The summed E-state index contributed by atoms with van der Waals surface area (Å²) in [7, 11) is 1.80. The fourth-order valence-corrected chi connectivity index (χ4v) is 1.50. The summed E-state index contributed by atoms with van der Waals surface area (Å²) in [5.41, 5.74) is -0.726. The summed E-state index contributed by atoms with van der Waals surface area (Å²) in [6.07, 6.45) is 0.672. The van der Waals surface area contributed by atoms with Crippen molar-refractivity contribution in [3.8, 4) is 0 Å². The van der Waals surface area contributed by atoms with Gasteiger partial charge in [0.15, 0.2) is 0 Å². The molecule has 2 atom stereocenters. The van der Waals surface area contributed by atoms with Crippen molar-refractivity contribution in [2.24, 2.45) is 5.92 Å². The first-order chi connectivity index (χ1) is 5.96. The van der Waals surface area contributed by atoms with Gasteiger partial charge in [0.05, 0.1) is 11.7 Å². The maximum absolute atomic E-state index is 10.1. The molecular formula is C10H23NO2. The number of rotatable bonds is 6. The van der Waals surface area contributed by atoms with E-state index in [0.717, 1.165) is 0 Å². The van der Waals surface area contributed by atoms with Crippen LogP contribution >= 0.6 is 0 Å². The highest BCUT2D eigenvalue weighted by Crippen LogP contribution is 2.26. The van der Waals surface area contributed by atoms with Crippen LogP contribution in [0.3, 0.4) is 0 Å². The predicted octanol–water partition coefficient (Wildman–Crippen LogP) is 0.754. The van der Waals surface area contributed by atoms with Gasteiger partial charge in [0, 0.05) is 13.0 Å². The Hall–Kier alpha value is -0.120. The van der Waals surface area contributed by atoms with Crippen LogP contribution in [0, 0.1) is 5.92 Å². The molecule has 0 rings (SSSR count).